The normalized spacial score (nSPS) is 17.4. The second kappa shape index (κ2) is 11.5. The second-order valence-corrected chi connectivity index (χ2v) is 9.21. The summed E-state index contributed by atoms with van der Waals surface area (Å²) in [6.07, 6.45) is 0.993. The molecule has 1 aliphatic heterocycles. The van der Waals surface area contributed by atoms with E-state index in [4.69, 9.17) is 5.73 Å². The third kappa shape index (κ3) is 6.93. The summed E-state index contributed by atoms with van der Waals surface area (Å²) in [5, 5.41) is 0. The maximum absolute atomic E-state index is 13.5. The molecular weight excluding hydrogens is 451 g/mol. The van der Waals surface area contributed by atoms with Gasteiger partial charge in [0.05, 0.1) is 0 Å². The molecule has 4 rings (SSSR count). The smallest absolute Gasteiger partial charge is 0.224 e. The van der Waals surface area contributed by atoms with Gasteiger partial charge in [0.25, 0.3) is 0 Å². The first-order valence-corrected chi connectivity index (χ1v) is 11.9. The van der Waals surface area contributed by atoms with Crippen molar-refractivity contribution in [1.29, 1.82) is 0 Å². The average molecular weight is 482 g/mol. The van der Waals surface area contributed by atoms with Gasteiger partial charge in [-0.05, 0) is 53.8 Å². The molecule has 7 heteroatoms. The van der Waals surface area contributed by atoms with Crippen LogP contribution in [0.15, 0.2) is 72.8 Å². The van der Waals surface area contributed by atoms with Gasteiger partial charge < -0.3 is 10.6 Å². The van der Waals surface area contributed by atoms with E-state index in [1.54, 1.807) is 12.1 Å². The number of hydrogen-bond donors (Lipinski definition) is 1. The SMILES string of the molecule is N[C@@H](CC(=O)N1CCN(Cc2ccccc2)C[C@H]1Cc1ccc(F)cc1)Cc1ccc(F)c(F)c1. The maximum Gasteiger partial charge on any atom is 0.224 e. The van der Waals surface area contributed by atoms with E-state index >= 15 is 0 Å². The molecule has 1 amide bonds. The lowest BCUT2D eigenvalue weighted by Crippen LogP contribution is -2.56. The molecule has 3 aromatic rings. The summed E-state index contributed by atoms with van der Waals surface area (Å²) in [4.78, 5) is 17.5. The van der Waals surface area contributed by atoms with Crippen LogP contribution in [0, 0.1) is 17.5 Å². The van der Waals surface area contributed by atoms with Gasteiger partial charge in [-0.3, -0.25) is 9.69 Å². The molecule has 0 unspecified atom stereocenters. The average Bonchev–Trinajstić information content (AvgIpc) is 2.83. The van der Waals surface area contributed by atoms with Crippen LogP contribution < -0.4 is 5.73 Å². The molecular formula is C28H30F3N3O. The van der Waals surface area contributed by atoms with Gasteiger partial charge in [-0.2, -0.15) is 0 Å². The molecule has 4 nitrogen and oxygen atoms in total. The highest BCUT2D eigenvalue weighted by Crippen LogP contribution is 2.20. The zero-order chi connectivity index (χ0) is 24.8. The highest BCUT2D eigenvalue weighted by atomic mass is 19.2. The number of rotatable bonds is 8. The van der Waals surface area contributed by atoms with Gasteiger partial charge in [0.1, 0.15) is 5.82 Å². The van der Waals surface area contributed by atoms with Gasteiger partial charge in [-0.25, -0.2) is 13.2 Å². The Morgan fingerprint density at radius 1 is 0.886 bits per heavy atom. The predicted molar refractivity (Wildman–Crippen MR) is 130 cm³/mol. The number of piperazine rings is 1. The van der Waals surface area contributed by atoms with Crippen LogP contribution in [0.5, 0.6) is 0 Å². The minimum absolute atomic E-state index is 0.0634. The number of nitrogens with zero attached hydrogens (tertiary/aromatic N) is 2. The largest absolute Gasteiger partial charge is 0.337 e. The first-order chi connectivity index (χ1) is 16.9. The number of nitrogens with two attached hydrogens (primary N) is 1. The Morgan fingerprint density at radius 3 is 2.31 bits per heavy atom. The van der Waals surface area contributed by atoms with Gasteiger partial charge in [0.2, 0.25) is 5.91 Å². The molecule has 2 atom stereocenters. The van der Waals surface area contributed by atoms with Crippen LogP contribution in [-0.2, 0) is 24.2 Å². The van der Waals surface area contributed by atoms with E-state index < -0.39 is 17.7 Å². The number of carbonyl (C=O) groups excluding carboxylic acids is 1. The molecule has 1 fully saturated rings. The molecule has 2 N–H and O–H groups in total. The van der Waals surface area contributed by atoms with Crippen LogP contribution in [0.4, 0.5) is 13.2 Å². The van der Waals surface area contributed by atoms with Gasteiger partial charge in [-0.15, -0.1) is 0 Å². The lowest BCUT2D eigenvalue weighted by Gasteiger charge is -2.42. The van der Waals surface area contributed by atoms with E-state index in [0.717, 1.165) is 30.8 Å². The zero-order valence-electron chi connectivity index (χ0n) is 19.5. The molecule has 0 saturated carbocycles. The van der Waals surface area contributed by atoms with Crippen LogP contribution in [0.1, 0.15) is 23.1 Å². The molecule has 0 radical (unpaired) electrons. The molecule has 3 aromatic carbocycles. The Kier molecular flexibility index (Phi) is 8.21. The monoisotopic (exact) mass is 481 g/mol. The Labute approximate surface area is 204 Å². The van der Waals surface area contributed by atoms with Crippen molar-refractivity contribution in [3.05, 3.63) is 107 Å². The summed E-state index contributed by atoms with van der Waals surface area (Å²) in [7, 11) is 0. The third-order valence-electron chi connectivity index (χ3n) is 6.44. The third-order valence-corrected chi connectivity index (χ3v) is 6.44. The fourth-order valence-electron chi connectivity index (χ4n) is 4.68. The van der Waals surface area contributed by atoms with E-state index in [2.05, 4.69) is 17.0 Å². The molecule has 1 saturated heterocycles. The minimum Gasteiger partial charge on any atom is -0.337 e. The molecule has 0 bridgehead atoms. The zero-order valence-corrected chi connectivity index (χ0v) is 19.5. The first kappa shape index (κ1) is 24.9. The van der Waals surface area contributed by atoms with Crippen molar-refractivity contribution in [1.82, 2.24) is 9.80 Å². The highest BCUT2D eigenvalue weighted by Gasteiger charge is 2.31. The maximum atomic E-state index is 13.5. The lowest BCUT2D eigenvalue weighted by atomic mass is 9.99. The Morgan fingerprint density at radius 2 is 1.60 bits per heavy atom. The summed E-state index contributed by atoms with van der Waals surface area (Å²) >= 11 is 0. The molecule has 0 aliphatic carbocycles. The van der Waals surface area contributed by atoms with Gasteiger partial charge >= 0.3 is 0 Å². The summed E-state index contributed by atoms with van der Waals surface area (Å²) in [5.41, 5.74) is 8.95. The standard InChI is InChI=1S/C28H30F3N3O/c29-23-9-6-20(7-10-23)15-25-19-33(18-21-4-2-1-3-5-21)12-13-34(25)28(35)17-24(32)14-22-8-11-26(30)27(31)16-22/h1-11,16,24-25H,12-15,17-19,32H2/t24-,25-/m1/s1. The number of carbonyl (C=O) groups is 1. The van der Waals surface area contributed by atoms with Gasteiger partial charge in [0.15, 0.2) is 11.6 Å². The van der Waals surface area contributed by atoms with Crippen molar-refractivity contribution >= 4 is 5.91 Å². The van der Waals surface area contributed by atoms with Gasteiger partial charge in [0, 0.05) is 44.7 Å². The van der Waals surface area contributed by atoms with E-state index in [1.807, 2.05) is 23.1 Å². The molecule has 1 heterocycles. The Balaban J connectivity index is 1.43. The summed E-state index contributed by atoms with van der Waals surface area (Å²) < 4.78 is 40.2. The summed E-state index contributed by atoms with van der Waals surface area (Å²) in [6, 6.07) is 19.7. The van der Waals surface area contributed by atoms with Crippen LogP contribution in [0.25, 0.3) is 0 Å². The van der Waals surface area contributed by atoms with E-state index in [0.29, 0.717) is 25.1 Å². The van der Waals surface area contributed by atoms with Gasteiger partial charge in [-0.1, -0.05) is 48.5 Å². The van der Waals surface area contributed by atoms with Crippen LogP contribution >= 0.6 is 0 Å². The van der Waals surface area contributed by atoms with Crippen molar-refractivity contribution < 1.29 is 18.0 Å². The van der Waals surface area contributed by atoms with Crippen LogP contribution in [-0.4, -0.2) is 47.4 Å². The minimum atomic E-state index is -0.921. The quantitative estimate of drug-likeness (QED) is 0.522. The Bertz CT molecular complexity index is 1120. The lowest BCUT2D eigenvalue weighted by molar-refractivity contribution is -0.136. The van der Waals surface area contributed by atoms with Crippen molar-refractivity contribution in [2.75, 3.05) is 19.6 Å². The molecule has 184 valence electrons. The molecule has 0 spiro atoms. The van der Waals surface area contributed by atoms with Crippen molar-refractivity contribution in [3.63, 3.8) is 0 Å². The molecule has 1 aliphatic rings. The number of halogens is 3. The van der Waals surface area contributed by atoms with Crippen LogP contribution in [0.3, 0.4) is 0 Å². The fourth-order valence-corrected chi connectivity index (χ4v) is 4.68. The fraction of sp³-hybridized carbons (Fsp3) is 0.321. The number of amides is 1. The predicted octanol–water partition coefficient (Wildman–Crippen LogP) is 4.32. The number of hydrogen-bond acceptors (Lipinski definition) is 3. The highest BCUT2D eigenvalue weighted by molar-refractivity contribution is 5.77. The molecule has 0 aromatic heterocycles. The van der Waals surface area contributed by atoms with Crippen molar-refractivity contribution in [2.45, 2.75) is 37.9 Å². The first-order valence-electron chi connectivity index (χ1n) is 11.9. The number of benzene rings is 3. The van der Waals surface area contributed by atoms with E-state index in [-0.39, 0.29) is 30.6 Å². The van der Waals surface area contributed by atoms with E-state index in [9.17, 15) is 18.0 Å². The van der Waals surface area contributed by atoms with Crippen molar-refractivity contribution in [3.8, 4) is 0 Å². The van der Waals surface area contributed by atoms with Crippen LogP contribution in [0.2, 0.25) is 0 Å². The summed E-state index contributed by atoms with van der Waals surface area (Å²) in [6.45, 7) is 2.78. The van der Waals surface area contributed by atoms with E-state index in [1.165, 1.54) is 23.8 Å². The topological polar surface area (TPSA) is 49.6 Å². The van der Waals surface area contributed by atoms with Crippen molar-refractivity contribution in [2.24, 2.45) is 5.73 Å². The Hall–Kier alpha value is -3.16. The molecule has 35 heavy (non-hydrogen) atoms. The summed E-state index contributed by atoms with van der Waals surface area (Å²) in [5.74, 6) is -2.18. The second-order valence-electron chi connectivity index (χ2n) is 9.21.